The van der Waals surface area contributed by atoms with Crippen LogP contribution in [0.4, 0.5) is 33.7 Å². The van der Waals surface area contributed by atoms with Crippen LogP contribution in [0.1, 0.15) is 62.0 Å². The SMILES string of the molecule is C[C@H]1CN(c2cc(F)c(C3=CCN(C(=O)OC(C)(C)C)CC3)c(F)c2NC(=O)c2cnc(OCC[Si](C)(C)C)cc2C(F)F)CCN1C. The average Bonchev–Trinajstić information content (AvgIpc) is 2.98. The Morgan fingerprint density at radius 1 is 1.12 bits per heavy atom. The summed E-state index contributed by atoms with van der Waals surface area (Å²) >= 11 is 0. The van der Waals surface area contributed by atoms with Crippen LogP contribution in [0, 0.1) is 11.6 Å². The summed E-state index contributed by atoms with van der Waals surface area (Å²) < 4.78 is 72.0. The van der Waals surface area contributed by atoms with Gasteiger partial charge in [0.2, 0.25) is 5.88 Å². The van der Waals surface area contributed by atoms with E-state index in [1.807, 2.05) is 14.0 Å². The monoisotopic (exact) mass is 693 g/mol. The van der Waals surface area contributed by atoms with Gasteiger partial charge in [-0.15, -0.1) is 0 Å². The van der Waals surface area contributed by atoms with Crippen LogP contribution < -0.4 is 15.0 Å². The summed E-state index contributed by atoms with van der Waals surface area (Å²) in [4.78, 5) is 35.6. The van der Waals surface area contributed by atoms with Crippen molar-refractivity contribution in [3.63, 3.8) is 0 Å². The second-order valence-corrected chi connectivity index (χ2v) is 20.3. The fraction of sp³-hybridized carbons (Fsp3) is 0.559. The number of anilines is 2. The summed E-state index contributed by atoms with van der Waals surface area (Å²) in [6.45, 7) is 15.7. The number of hydrogen-bond acceptors (Lipinski definition) is 7. The molecular formula is C34H47F4N5O4Si. The highest BCUT2D eigenvalue weighted by Crippen LogP contribution is 2.39. The van der Waals surface area contributed by atoms with Crippen molar-refractivity contribution in [2.45, 2.75) is 77.9 Å². The van der Waals surface area contributed by atoms with Crippen molar-refractivity contribution < 1.29 is 36.6 Å². The zero-order valence-corrected chi connectivity index (χ0v) is 30.1. The van der Waals surface area contributed by atoms with Gasteiger partial charge in [-0.25, -0.2) is 27.3 Å². The van der Waals surface area contributed by atoms with Crippen LogP contribution in [-0.4, -0.2) is 92.9 Å². The lowest BCUT2D eigenvalue weighted by atomic mass is 9.96. The summed E-state index contributed by atoms with van der Waals surface area (Å²) in [6.07, 6.45) is -0.903. The first-order valence-corrected chi connectivity index (χ1v) is 19.9. The first kappa shape index (κ1) is 37.2. The molecule has 264 valence electrons. The van der Waals surface area contributed by atoms with Crippen molar-refractivity contribution in [2.24, 2.45) is 0 Å². The molecule has 48 heavy (non-hydrogen) atoms. The molecule has 9 nitrogen and oxygen atoms in total. The van der Waals surface area contributed by atoms with E-state index >= 15 is 8.78 Å². The number of pyridine rings is 1. The molecular weight excluding hydrogens is 646 g/mol. The van der Waals surface area contributed by atoms with Crippen LogP contribution >= 0.6 is 0 Å². The van der Waals surface area contributed by atoms with Gasteiger partial charge in [-0.1, -0.05) is 25.7 Å². The first-order chi connectivity index (χ1) is 22.3. The Labute approximate surface area is 281 Å². The molecule has 0 radical (unpaired) electrons. The van der Waals surface area contributed by atoms with Gasteiger partial charge in [-0.3, -0.25) is 4.79 Å². The molecule has 2 amide bonds. The lowest BCUT2D eigenvalue weighted by molar-refractivity contribution is 0.0270. The molecule has 2 aromatic rings. The first-order valence-electron chi connectivity index (χ1n) is 16.2. The molecule has 1 fully saturated rings. The maximum absolute atomic E-state index is 16.6. The van der Waals surface area contributed by atoms with E-state index in [4.69, 9.17) is 9.47 Å². The van der Waals surface area contributed by atoms with Gasteiger partial charge in [0.1, 0.15) is 17.1 Å². The van der Waals surface area contributed by atoms with E-state index < -0.39 is 54.9 Å². The molecule has 14 heteroatoms. The van der Waals surface area contributed by atoms with E-state index in [-0.39, 0.29) is 48.4 Å². The van der Waals surface area contributed by atoms with Crippen LogP contribution in [0.2, 0.25) is 25.7 Å². The van der Waals surface area contributed by atoms with Gasteiger partial charge in [0.25, 0.3) is 12.3 Å². The summed E-state index contributed by atoms with van der Waals surface area (Å²) in [6, 6.07) is 3.03. The van der Waals surface area contributed by atoms with E-state index in [2.05, 4.69) is 34.8 Å². The number of nitrogens with one attached hydrogen (secondary N) is 1. The van der Waals surface area contributed by atoms with Crippen molar-refractivity contribution >= 4 is 37.0 Å². The summed E-state index contributed by atoms with van der Waals surface area (Å²) in [5.41, 5.74) is -2.02. The second-order valence-electron chi connectivity index (χ2n) is 14.6. The van der Waals surface area contributed by atoms with Gasteiger partial charge in [-0.05, 0) is 52.8 Å². The zero-order chi connectivity index (χ0) is 35.6. The van der Waals surface area contributed by atoms with Gasteiger partial charge < -0.3 is 29.5 Å². The lowest BCUT2D eigenvalue weighted by Gasteiger charge is -2.40. The normalized spacial score (nSPS) is 17.8. The van der Waals surface area contributed by atoms with Crippen molar-refractivity contribution in [1.82, 2.24) is 14.8 Å². The fourth-order valence-corrected chi connectivity index (χ4v) is 6.18. The number of benzene rings is 1. The molecule has 0 unspecified atom stereocenters. The number of rotatable bonds is 9. The number of hydrogen-bond donors (Lipinski definition) is 1. The minimum Gasteiger partial charge on any atom is -0.478 e. The highest BCUT2D eigenvalue weighted by Gasteiger charge is 2.32. The fourth-order valence-electron chi connectivity index (χ4n) is 5.47. The lowest BCUT2D eigenvalue weighted by Crippen LogP contribution is -2.50. The molecule has 1 N–H and O–H groups in total. The third-order valence-electron chi connectivity index (χ3n) is 8.41. The number of carbonyl (C=O) groups is 2. The minimum atomic E-state index is -3.04. The Morgan fingerprint density at radius 2 is 1.83 bits per heavy atom. The van der Waals surface area contributed by atoms with E-state index in [9.17, 15) is 18.4 Å². The molecule has 4 rings (SSSR count). The van der Waals surface area contributed by atoms with Gasteiger partial charge in [0.05, 0.1) is 23.4 Å². The molecule has 2 aliphatic heterocycles. The summed E-state index contributed by atoms with van der Waals surface area (Å²) in [5.74, 6) is -2.91. The van der Waals surface area contributed by atoms with Crippen LogP contribution in [0.15, 0.2) is 24.4 Å². The highest BCUT2D eigenvalue weighted by molar-refractivity contribution is 6.76. The molecule has 0 aliphatic carbocycles. The Bertz CT molecular complexity index is 1540. The molecule has 1 aromatic heterocycles. The number of alkyl halides is 2. The number of amides is 2. The number of likely N-dealkylation sites (N-methyl/N-ethyl adjacent to an activating group) is 1. The maximum Gasteiger partial charge on any atom is 0.410 e. The molecule has 1 atom stereocenters. The standard InChI is InChI=1S/C34H47F4N5O4Si/c1-21-20-43(14-13-41(21)5)26-18-25(35)28(22-9-11-42(12-10-22)33(45)47-34(2,3)4)29(36)30(26)40-32(44)24-19-39-27(17-23(24)31(37)38)46-15-16-48(6,7)8/h9,17-19,21,31H,10-16,20H2,1-8H3,(H,40,44)/t21-/m0/s1. The largest absolute Gasteiger partial charge is 0.478 e. The highest BCUT2D eigenvalue weighted by atomic mass is 28.3. The molecule has 1 saturated heterocycles. The van der Waals surface area contributed by atoms with Crippen LogP contribution in [-0.2, 0) is 4.74 Å². The van der Waals surface area contributed by atoms with Crippen LogP contribution in [0.25, 0.3) is 5.57 Å². The Balaban J connectivity index is 1.69. The van der Waals surface area contributed by atoms with Gasteiger partial charge in [0.15, 0.2) is 5.82 Å². The third-order valence-corrected chi connectivity index (χ3v) is 10.1. The minimum absolute atomic E-state index is 0.0351. The quantitative estimate of drug-likeness (QED) is 0.216. The Kier molecular flexibility index (Phi) is 11.5. The number of ether oxygens (including phenoxy) is 2. The van der Waals surface area contributed by atoms with Gasteiger partial charge in [-0.2, -0.15) is 0 Å². The maximum atomic E-state index is 16.6. The molecule has 0 saturated carbocycles. The Morgan fingerprint density at radius 3 is 2.42 bits per heavy atom. The van der Waals surface area contributed by atoms with Crippen molar-refractivity contribution in [3.05, 3.63) is 52.7 Å². The molecule has 3 heterocycles. The van der Waals surface area contributed by atoms with Gasteiger partial charge >= 0.3 is 6.09 Å². The Hall–Kier alpha value is -3.65. The number of aromatic nitrogens is 1. The van der Waals surface area contributed by atoms with E-state index in [0.717, 1.165) is 18.3 Å². The molecule has 2 aliphatic rings. The zero-order valence-electron chi connectivity index (χ0n) is 29.1. The topological polar surface area (TPSA) is 87.2 Å². The molecule has 0 bridgehead atoms. The third kappa shape index (κ3) is 9.28. The van der Waals surface area contributed by atoms with E-state index in [0.29, 0.717) is 31.8 Å². The average molecular weight is 694 g/mol. The number of halogens is 4. The van der Waals surface area contributed by atoms with Crippen LogP contribution in [0.3, 0.4) is 0 Å². The smallest absolute Gasteiger partial charge is 0.410 e. The molecule has 0 spiro atoms. The summed E-state index contributed by atoms with van der Waals surface area (Å²) in [5, 5.41) is 2.50. The van der Waals surface area contributed by atoms with Gasteiger partial charge in [0, 0.05) is 70.7 Å². The predicted octanol–water partition coefficient (Wildman–Crippen LogP) is 7.43. The van der Waals surface area contributed by atoms with Crippen molar-refractivity contribution in [3.8, 4) is 5.88 Å². The second kappa shape index (κ2) is 14.9. The van der Waals surface area contributed by atoms with E-state index in [1.165, 1.54) is 11.0 Å². The number of carbonyl (C=O) groups excluding carboxylic acids is 2. The molecule has 1 aromatic carbocycles. The van der Waals surface area contributed by atoms with Crippen LogP contribution in [0.5, 0.6) is 5.88 Å². The summed E-state index contributed by atoms with van der Waals surface area (Å²) in [7, 11) is 0.495. The predicted molar refractivity (Wildman–Crippen MR) is 182 cm³/mol. The van der Waals surface area contributed by atoms with Crippen molar-refractivity contribution in [1.29, 1.82) is 0 Å². The van der Waals surface area contributed by atoms with Crippen molar-refractivity contribution in [2.75, 3.05) is 56.6 Å². The number of piperazine rings is 1. The number of nitrogens with zero attached hydrogens (tertiary/aromatic N) is 4. The van der Waals surface area contributed by atoms with E-state index in [1.54, 1.807) is 31.7 Å².